The van der Waals surface area contributed by atoms with Crippen LogP contribution in [0.3, 0.4) is 0 Å². The fraction of sp³-hybridized carbons (Fsp3) is 0.462. The molecule has 0 bridgehead atoms. The fourth-order valence-corrected chi connectivity index (χ4v) is 6.78. The first-order valence-electron chi connectivity index (χ1n) is 12.5. The van der Waals surface area contributed by atoms with Crippen molar-refractivity contribution in [1.29, 1.82) is 0 Å². The molecule has 2 aliphatic rings. The van der Waals surface area contributed by atoms with Crippen molar-refractivity contribution in [1.82, 2.24) is 18.8 Å². The second-order valence-electron chi connectivity index (χ2n) is 9.33. The Balaban J connectivity index is 1.33. The van der Waals surface area contributed by atoms with Gasteiger partial charge in [-0.2, -0.15) is 4.31 Å². The minimum atomic E-state index is -3.49. The number of hydrogen-bond acceptors (Lipinski definition) is 5. The largest absolute Gasteiger partial charge is 0.353 e. The van der Waals surface area contributed by atoms with Gasteiger partial charge >= 0.3 is 0 Å². The summed E-state index contributed by atoms with van der Waals surface area (Å²) < 4.78 is 29.8. The topological polar surface area (TPSA) is 78.8 Å². The predicted molar refractivity (Wildman–Crippen MR) is 137 cm³/mol. The van der Waals surface area contributed by atoms with Gasteiger partial charge in [-0.25, -0.2) is 13.4 Å². The summed E-state index contributed by atoms with van der Waals surface area (Å²) in [5, 5.41) is 0.842. The third-order valence-corrected chi connectivity index (χ3v) is 9.11. The van der Waals surface area contributed by atoms with Crippen molar-refractivity contribution >= 4 is 32.7 Å². The number of benzene rings is 1. The van der Waals surface area contributed by atoms with E-state index in [2.05, 4.69) is 9.88 Å². The lowest BCUT2D eigenvalue weighted by Gasteiger charge is -2.37. The van der Waals surface area contributed by atoms with Crippen LogP contribution in [-0.4, -0.2) is 72.3 Å². The van der Waals surface area contributed by atoms with Gasteiger partial charge in [0.25, 0.3) is 0 Å². The molecule has 186 valence electrons. The van der Waals surface area contributed by atoms with Crippen LogP contribution < -0.4 is 4.90 Å². The molecule has 0 radical (unpaired) electrons. The van der Waals surface area contributed by atoms with Gasteiger partial charge in [-0.3, -0.25) is 4.79 Å². The van der Waals surface area contributed by atoms with Gasteiger partial charge in [-0.05, 0) is 55.7 Å². The van der Waals surface area contributed by atoms with Crippen molar-refractivity contribution in [2.24, 2.45) is 0 Å². The number of anilines is 1. The number of piperazine rings is 1. The molecule has 1 aromatic carbocycles. The molecule has 1 amide bonds. The van der Waals surface area contributed by atoms with E-state index in [4.69, 9.17) is 0 Å². The summed E-state index contributed by atoms with van der Waals surface area (Å²) in [6.45, 7) is 6.01. The summed E-state index contributed by atoms with van der Waals surface area (Å²) >= 11 is 0. The van der Waals surface area contributed by atoms with E-state index < -0.39 is 10.0 Å². The van der Waals surface area contributed by atoms with Gasteiger partial charge in [0.2, 0.25) is 15.9 Å². The van der Waals surface area contributed by atoms with Crippen LogP contribution in [0, 0.1) is 0 Å². The Labute approximate surface area is 207 Å². The fourth-order valence-electron chi connectivity index (χ4n) is 5.23. The first-order valence-corrected chi connectivity index (χ1v) is 14.0. The van der Waals surface area contributed by atoms with Crippen molar-refractivity contribution in [3.05, 3.63) is 54.9 Å². The molecule has 0 N–H and O–H groups in total. The van der Waals surface area contributed by atoms with E-state index in [9.17, 15) is 13.2 Å². The van der Waals surface area contributed by atoms with Gasteiger partial charge in [0, 0.05) is 62.6 Å². The molecule has 9 heteroatoms. The van der Waals surface area contributed by atoms with Crippen LogP contribution in [0.25, 0.3) is 10.9 Å². The third-order valence-electron chi connectivity index (χ3n) is 7.22. The molecule has 1 atom stereocenters. The average molecular weight is 496 g/mol. The minimum absolute atomic E-state index is 0.107. The van der Waals surface area contributed by atoms with Crippen LogP contribution in [0.4, 0.5) is 5.82 Å². The van der Waals surface area contributed by atoms with Crippen LogP contribution in [0.2, 0.25) is 0 Å². The number of carbonyl (C=O) groups is 1. The average Bonchev–Trinajstić information content (AvgIpc) is 3.33. The van der Waals surface area contributed by atoms with Crippen LogP contribution >= 0.6 is 0 Å². The Morgan fingerprint density at radius 2 is 1.74 bits per heavy atom. The van der Waals surface area contributed by atoms with E-state index in [1.165, 1.54) is 0 Å². The smallest absolute Gasteiger partial charge is 0.245 e. The number of sulfonamides is 1. The summed E-state index contributed by atoms with van der Waals surface area (Å²) in [5.74, 6) is 1.05. The molecule has 8 nitrogen and oxygen atoms in total. The number of aromatic nitrogens is 2. The normalized spacial score (nSPS) is 18.7. The van der Waals surface area contributed by atoms with Gasteiger partial charge < -0.3 is 14.4 Å². The van der Waals surface area contributed by atoms with E-state index >= 15 is 0 Å². The summed E-state index contributed by atoms with van der Waals surface area (Å²) in [6, 6.07) is 12.8. The zero-order chi connectivity index (χ0) is 24.4. The standard InChI is InChI=1S/C26H33N5O3S/c1-2-23(26(32)29-18-16-28(17-19-29)25-8-4-5-12-27-25)31-15-11-21-20-22(9-10-24(21)31)35(33,34)30-13-6-3-7-14-30/h4-5,8-12,15,20,23H,2-3,6-7,13-14,16-19H2,1H3/t23-/m0/s1. The highest BCUT2D eigenvalue weighted by Crippen LogP contribution is 2.28. The SMILES string of the molecule is CC[C@@H](C(=O)N1CCN(c2ccccn2)CC1)n1ccc2cc(S(=O)(=O)N3CCCCC3)ccc21. The highest BCUT2D eigenvalue weighted by atomic mass is 32.2. The predicted octanol–water partition coefficient (Wildman–Crippen LogP) is 3.51. The van der Waals surface area contributed by atoms with Crippen LogP contribution in [-0.2, 0) is 14.8 Å². The van der Waals surface area contributed by atoms with Gasteiger partial charge in [-0.15, -0.1) is 0 Å². The maximum atomic E-state index is 13.5. The second-order valence-corrected chi connectivity index (χ2v) is 11.3. The summed E-state index contributed by atoms with van der Waals surface area (Å²) in [5.41, 5.74) is 0.884. The highest BCUT2D eigenvalue weighted by Gasteiger charge is 2.30. The molecule has 2 aromatic heterocycles. The molecule has 2 aliphatic heterocycles. The zero-order valence-electron chi connectivity index (χ0n) is 20.2. The van der Waals surface area contributed by atoms with Crippen molar-refractivity contribution in [3.8, 4) is 0 Å². The van der Waals surface area contributed by atoms with Crippen LogP contribution in [0.5, 0.6) is 0 Å². The Hall–Kier alpha value is -2.91. The number of amides is 1. The molecule has 0 aliphatic carbocycles. The third kappa shape index (κ3) is 4.67. The Bertz CT molecular complexity index is 1280. The van der Waals surface area contributed by atoms with E-state index in [1.54, 1.807) is 22.6 Å². The Morgan fingerprint density at radius 3 is 2.43 bits per heavy atom. The molecule has 0 spiro atoms. The minimum Gasteiger partial charge on any atom is -0.353 e. The maximum Gasteiger partial charge on any atom is 0.245 e. The number of fused-ring (bicyclic) bond motifs is 1. The summed E-state index contributed by atoms with van der Waals surface area (Å²) in [6.07, 6.45) is 7.27. The van der Waals surface area contributed by atoms with Gasteiger partial charge in [-0.1, -0.05) is 19.4 Å². The van der Waals surface area contributed by atoms with Gasteiger partial charge in [0.1, 0.15) is 11.9 Å². The number of rotatable bonds is 6. The first-order chi connectivity index (χ1) is 17.0. The zero-order valence-corrected chi connectivity index (χ0v) is 21.0. The molecule has 2 saturated heterocycles. The molecule has 4 heterocycles. The lowest BCUT2D eigenvalue weighted by molar-refractivity contribution is -0.135. The first kappa shape index (κ1) is 23.8. The molecule has 0 saturated carbocycles. The van der Waals surface area contributed by atoms with E-state index in [0.29, 0.717) is 37.5 Å². The summed E-state index contributed by atoms with van der Waals surface area (Å²) in [7, 11) is -3.49. The highest BCUT2D eigenvalue weighted by molar-refractivity contribution is 7.89. The monoisotopic (exact) mass is 495 g/mol. The maximum absolute atomic E-state index is 13.5. The Kier molecular flexibility index (Phi) is 6.80. The van der Waals surface area contributed by atoms with E-state index in [-0.39, 0.29) is 11.9 Å². The number of pyridine rings is 1. The van der Waals surface area contributed by atoms with Crippen molar-refractivity contribution in [3.63, 3.8) is 0 Å². The molecule has 5 rings (SSSR count). The van der Waals surface area contributed by atoms with Crippen molar-refractivity contribution in [2.45, 2.75) is 43.5 Å². The van der Waals surface area contributed by atoms with Crippen LogP contribution in [0.1, 0.15) is 38.6 Å². The van der Waals surface area contributed by atoms with Gasteiger partial charge in [0.15, 0.2) is 0 Å². The molecule has 0 unspecified atom stereocenters. The van der Waals surface area contributed by atoms with E-state index in [1.807, 2.05) is 52.9 Å². The van der Waals surface area contributed by atoms with Crippen molar-refractivity contribution < 1.29 is 13.2 Å². The molecule has 35 heavy (non-hydrogen) atoms. The van der Waals surface area contributed by atoms with Crippen LogP contribution in [0.15, 0.2) is 59.8 Å². The lowest BCUT2D eigenvalue weighted by atomic mass is 10.1. The van der Waals surface area contributed by atoms with Gasteiger partial charge in [0.05, 0.1) is 4.90 Å². The molecule has 2 fully saturated rings. The number of carbonyl (C=O) groups excluding carboxylic acids is 1. The van der Waals surface area contributed by atoms with E-state index in [0.717, 1.165) is 49.1 Å². The number of piperidine rings is 1. The number of hydrogen-bond donors (Lipinski definition) is 0. The molecular formula is C26H33N5O3S. The number of nitrogens with zero attached hydrogens (tertiary/aromatic N) is 5. The lowest BCUT2D eigenvalue weighted by Crippen LogP contribution is -2.50. The molecular weight excluding hydrogens is 462 g/mol. The Morgan fingerprint density at radius 1 is 0.971 bits per heavy atom. The summed E-state index contributed by atoms with van der Waals surface area (Å²) in [4.78, 5) is 22.4. The second kappa shape index (κ2) is 9.99. The quantitative estimate of drug-likeness (QED) is 0.523. The van der Waals surface area contributed by atoms with Crippen molar-refractivity contribution in [2.75, 3.05) is 44.2 Å². The molecule has 3 aromatic rings.